The molecule has 0 saturated heterocycles. The van der Waals surface area contributed by atoms with Crippen LogP contribution in [0, 0.1) is 0 Å². The number of benzene rings is 2. The molecule has 6 heteroatoms. The van der Waals surface area contributed by atoms with Gasteiger partial charge >= 0.3 is 7.12 Å². The van der Waals surface area contributed by atoms with Crippen molar-refractivity contribution in [1.82, 2.24) is 0 Å². The Labute approximate surface area is 123 Å². The van der Waals surface area contributed by atoms with Crippen molar-refractivity contribution in [3.63, 3.8) is 0 Å². The van der Waals surface area contributed by atoms with Crippen LogP contribution in [0.2, 0.25) is 0 Å². The van der Waals surface area contributed by atoms with Crippen molar-refractivity contribution in [2.24, 2.45) is 0 Å². The molecular weight excluding hydrogens is 271 g/mol. The largest absolute Gasteiger partial charge is 0.496 e. The SMILES string of the molecule is COc1cc(OC)cc(OCc2ccccc2B(O)O)c1. The highest BCUT2D eigenvalue weighted by molar-refractivity contribution is 6.59. The molecule has 0 aliphatic rings. The highest BCUT2D eigenvalue weighted by Crippen LogP contribution is 2.27. The molecule has 21 heavy (non-hydrogen) atoms. The van der Waals surface area contributed by atoms with Gasteiger partial charge in [0.1, 0.15) is 23.9 Å². The van der Waals surface area contributed by atoms with Crippen LogP contribution in [0.25, 0.3) is 0 Å². The molecule has 2 aromatic carbocycles. The molecule has 0 radical (unpaired) electrons. The van der Waals surface area contributed by atoms with Crippen LogP contribution in [0.1, 0.15) is 5.56 Å². The molecule has 2 aromatic rings. The molecule has 0 aliphatic carbocycles. The molecule has 0 amide bonds. The molecule has 0 fully saturated rings. The van der Waals surface area contributed by atoms with E-state index in [2.05, 4.69) is 0 Å². The maximum Gasteiger partial charge on any atom is 0.488 e. The number of hydrogen-bond acceptors (Lipinski definition) is 5. The molecule has 2 N–H and O–H groups in total. The molecule has 5 nitrogen and oxygen atoms in total. The van der Waals surface area contributed by atoms with Gasteiger partial charge in [-0.3, -0.25) is 0 Å². The first-order valence-corrected chi connectivity index (χ1v) is 6.44. The van der Waals surface area contributed by atoms with Crippen LogP contribution in [0.15, 0.2) is 42.5 Å². The maximum absolute atomic E-state index is 9.33. The van der Waals surface area contributed by atoms with Crippen molar-refractivity contribution in [3.8, 4) is 17.2 Å². The summed E-state index contributed by atoms with van der Waals surface area (Å²) < 4.78 is 16.0. The third-order valence-corrected chi connectivity index (χ3v) is 3.05. The second-order valence-corrected chi connectivity index (χ2v) is 4.41. The van der Waals surface area contributed by atoms with Crippen LogP contribution >= 0.6 is 0 Å². The Balaban J connectivity index is 2.16. The summed E-state index contributed by atoms with van der Waals surface area (Å²) in [6.45, 7) is 0.212. The molecule has 0 bridgehead atoms. The van der Waals surface area contributed by atoms with Crippen LogP contribution in [0.4, 0.5) is 0 Å². The minimum atomic E-state index is -1.52. The van der Waals surface area contributed by atoms with Crippen molar-refractivity contribution in [2.45, 2.75) is 6.61 Å². The lowest BCUT2D eigenvalue weighted by atomic mass is 9.77. The number of rotatable bonds is 6. The summed E-state index contributed by atoms with van der Waals surface area (Å²) >= 11 is 0. The van der Waals surface area contributed by atoms with E-state index in [0.717, 1.165) is 0 Å². The average Bonchev–Trinajstić information content (AvgIpc) is 2.52. The van der Waals surface area contributed by atoms with Gasteiger partial charge in [0.2, 0.25) is 0 Å². The predicted octanol–water partition coefficient (Wildman–Crippen LogP) is 0.963. The highest BCUT2D eigenvalue weighted by Gasteiger charge is 2.15. The Morgan fingerprint density at radius 3 is 2.05 bits per heavy atom. The van der Waals surface area contributed by atoms with Gasteiger partial charge in [-0.05, 0) is 11.0 Å². The Morgan fingerprint density at radius 1 is 0.905 bits per heavy atom. The molecule has 0 heterocycles. The van der Waals surface area contributed by atoms with E-state index in [1.165, 1.54) is 0 Å². The van der Waals surface area contributed by atoms with E-state index >= 15 is 0 Å². The fraction of sp³-hybridized carbons (Fsp3) is 0.200. The number of hydrogen-bond donors (Lipinski definition) is 2. The van der Waals surface area contributed by atoms with E-state index in [-0.39, 0.29) is 6.61 Å². The van der Waals surface area contributed by atoms with Crippen LogP contribution in [0.5, 0.6) is 17.2 Å². The standard InChI is InChI=1S/C15H17BO5/c1-19-12-7-13(20-2)9-14(8-12)21-10-11-5-3-4-6-15(11)16(17)18/h3-9,17-18H,10H2,1-2H3. The second-order valence-electron chi connectivity index (χ2n) is 4.41. The highest BCUT2D eigenvalue weighted by atomic mass is 16.5. The topological polar surface area (TPSA) is 68.2 Å². The molecule has 2 rings (SSSR count). The summed E-state index contributed by atoms with van der Waals surface area (Å²) in [5.41, 5.74) is 1.13. The minimum absolute atomic E-state index is 0.212. The van der Waals surface area contributed by atoms with Crippen molar-refractivity contribution in [1.29, 1.82) is 0 Å². The van der Waals surface area contributed by atoms with E-state index in [1.54, 1.807) is 50.6 Å². The van der Waals surface area contributed by atoms with E-state index < -0.39 is 7.12 Å². The molecule has 0 atom stereocenters. The smallest absolute Gasteiger partial charge is 0.488 e. The molecule has 0 aromatic heterocycles. The van der Waals surface area contributed by atoms with Gasteiger partial charge in [0, 0.05) is 18.2 Å². The van der Waals surface area contributed by atoms with E-state index in [0.29, 0.717) is 28.3 Å². The average molecular weight is 288 g/mol. The molecule has 0 saturated carbocycles. The summed E-state index contributed by atoms with van der Waals surface area (Å²) in [6.07, 6.45) is 0. The molecule has 110 valence electrons. The van der Waals surface area contributed by atoms with E-state index in [4.69, 9.17) is 14.2 Å². The maximum atomic E-state index is 9.33. The summed E-state index contributed by atoms with van der Waals surface area (Å²) in [5, 5.41) is 18.7. The predicted molar refractivity (Wildman–Crippen MR) is 80.1 cm³/mol. The first-order chi connectivity index (χ1) is 10.1. The van der Waals surface area contributed by atoms with Gasteiger partial charge in [-0.15, -0.1) is 0 Å². The Bertz CT molecular complexity index is 578. The lowest BCUT2D eigenvalue weighted by Gasteiger charge is -2.12. The fourth-order valence-electron chi connectivity index (χ4n) is 1.94. The number of methoxy groups -OCH3 is 2. The summed E-state index contributed by atoms with van der Waals surface area (Å²) in [5.74, 6) is 1.83. The van der Waals surface area contributed by atoms with Crippen molar-refractivity contribution in [2.75, 3.05) is 14.2 Å². The zero-order valence-corrected chi connectivity index (χ0v) is 11.9. The van der Waals surface area contributed by atoms with Gasteiger partial charge in [-0.25, -0.2) is 0 Å². The quantitative estimate of drug-likeness (QED) is 0.775. The number of ether oxygens (including phenoxy) is 3. The van der Waals surface area contributed by atoms with Gasteiger partial charge < -0.3 is 24.3 Å². The van der Waals surface area contributed by atoms with Gasteiger partial charge in [0.15, 0.2) is 0 Å². The van der Waals surface area contributed by atoms with Crippen LogP contribution in [0.3, 0.4) is 0 Å². The molecule has 0 unspecified atom stereocenters. The summed E-state index contributed by atoms with van der Waals surface area (Å²) in [4.78, 5) is 0. The van der Waals surface area contributed by atoms with E-state index in [1.807, 2.05) is 6.07 Å². The lowest BCUT2D eigenvalue weighted by molar-refractivity contribution is 0.300. The second kappa shape index (κ2) is 7.01. The van der Waals surface area contributed by atoms with Crippen LogP contribution in [-0.2, 0) is 6.61 Å². The lowest BCUT2D eigenvalue weighted by Crippen LogP contribution is -2.33. The molecular formula is C15H17BO5. The van der Waals surface area contributed by atoms with Gasteiger partial charge in [-0.1, -0.05) is 24.3 Å². The zero-order valence-electron chi connectivity index (χ0n) is 11.9. The van der Waals surface area contributed by atoms with Crippen LogP contribution in [-0.4, -0.2) is 31.4 Å². The Kier molecular flexibility index (Phi) is 5.08. The minimum Gasteiger partial charge on any atom is -0.496 e. The van der Waals surface area contributed by atoms with Crippen molar-refractivity contribution < 1.29 is 24.3 Å². The van der Waals surface area contributed by atoms with Crippen LogP contribution < -0.4 is 19.7 Å². The third-order valence-electron chi connectivity index (χ3n) is 3.05. The van der Waals surface area contributed by atoms with Crippen molar-refractivity contribution in [3.05, 3.63) is 48.0 Å². The zero-order chi connectivity index (χ0) is 15.2. The normalized spacial score (nSPS) is 10.1. The first kappa shape index (κ1) is 15.2. The molecule has 0 spiro atoms. The van der Waals surface area contributed by atoms with Gasteiger partial charge in [0.05, 0.1) is 14.2 Å². The van der Waals surface area contributed by atoms with Gasteiger partial charge in [0.25, 0.3) is 0 Å². The summed E-state index contributed by atoms with van der Waals surface area (Å²) in [6, 6.07) is 12.2. The van der Waals surface area contributed by atoms with Crippen molar-refractivity contribution >= 4 is 12.6 Å². The third kappa shape index (κ3) is 3.90. The van der Waals surface area contributed by atoms with E-state index in [9.17, 15) is 10.0 Å². The monoisotopic (exact) mass is 288 g/mol. The summed E-state index contributed by atoms with van der Waals surface area (Å²) in [7, 11) is 1.61. The fourth-order valence-corrected chi connectivity index (χ4v) is 1.94. The first-order valence-electron chi connectivity index (χ1n) is 6.44. The Hall–Kier alpha value is -2.18. The Morgan fingerprint density at radius 2 is 1.48 bits per heavy atom. The molecule has 0 aliphatic heterocycles. The van der Waals surface area contributed by atoms with Gasteiger partial charge in [-0.2, -0.15) is 0 Å².